The van der Waals surface area contributed by atoms with Gasteiger partial charge in [0.05, 0.1) is 12.2 Å². The van der Waals surface area contributed by atoms with Crippen molar-refractivity contribution in [3.05, 3.63) is 29.8 Å². The van der Waals surface area contributed by atoms with Crippen molar-refractivity contribution in [2.75, 3.05) is 19.8 Å². The Morgan fingerprint density at radius 3 is 2.60 bits per heavy atom. The summed E-state index contributed by atoms with van der Waals surface area (Å²) in [5, 5.41) is 8.77. The van der Waals surface area contributed by atoms with Crippen LogP contribution in [0.4, 0.5) is 13.2 Å². The number of hydrogen-bond acceptors (Lipinski definition) is 3. The second kappa shape index (κ2) is 7.74. The molecule has 20 heavy (non-hydrogen) atoms. The van der Waals surface area contributed by atoms with E-state index in [-0.39, 0.29) is 31.8 Å². The summed E-state index contributed by atoms with van der Waals surface area (Å²) in [5.74, 6) is -0.678. The first kappa shape index (κ1) is 16.3. The Morgan fingerprint density at radius 2 is 1.95 bits per heavy atom. The van der Waals surface area contributed by atoms with E-state index in [4.69, 9.17) is 14.6 Å². The molecule has 0 aliphatic heterocycles. The highest BCUT2D eigenvalue weighted by Crippen LogP contribution is 2.21. The fourth-order valence-electron chi connectivity index (χ4n) is 1.41. The zero-order valence-corrected chi connectivity index (χ0v) is 10.7. The molecule has 1 N–H and O–H groups in total. The van der Waals surface area contributed by atoms with Crippen molar-refractivity contribution in [2.45, 2.75) is 19.0 Å². The molecule has 112 valence electrons. The standard InChI is InChI=1S/C13H15F3O4/c14-13(15,16)5-2-6-19-7-8-20-11-4-1-3-10(9-11)12(17)18/h1,3-4,9H,2,5-8H2,(H,17,18). The van der Waals surface area contributed by atoms with Crippen molar-refractivity contribution in [3.8, 4) is 5.75 Å². The van der Waals surface area contributed by atoms with Gasteiger partial charge in [-0.15, -0.1) is 0 Å². The SMILES string of the molecule is O=C(O)c1cccc(OCCOCCCC(F)(F)F)c1. The number of alkyl halides is 3. The van der Waals surface area contributed by atoms with Gasteiger partial charge in [-0.2, -0.15) is 13.2 Å². The van der Waals surface area contributed by atoms with E-state index >= 15 is 0 Å². The van der Waals surface area contributed by atoms with Gasteiger partial charge in [0.25, 0.3) is 0 Å². The van der Waals surface area contributed by atoms with Crippen molar-refractivity contribution in [3.63, 3.8) is 0 Å². The van der Waals surface area contributed by atoms with E-state index in [1.165, 1.54) is 12.1 Å². The summed E-state index contributed by atoms with van der Waals surface area (Å²) < 4.78 is 45.7. The fourth-order valence-corrected chi connectivity index (χ4v) is 1.41. The van der Waals surface area contributed by atoms with Gasteiger partial charge in [0.15, 0.2) is 0 Å². The van der Waals surface area contributed by atoms with E-state index in [0.717, 1.165) is 0 Å². The maximum Gasteiger partial charge on any atom is 0.389 e. The third kappa shape index (κ3) is 6.98. The largest absolute Gasteiger partial charge is 0.491 e. The molecule has 0 fully saturated rings. The van der Waals surface area contributed by atoms with Gasteiger partial charge in [-0.25, -0.2) is 4.79 Å². The Kier molecular flexibility index (Phi) is 6.30. The van der Waals surface area contributed by atoms with Crippen LogP contribution in [0.25, 0.3) is 0 Å². The summed E-state index contributed by atoms with van der Waals surface area (Å²) in [7, 11) is 0. The van der Waals surface area contributed by atoms with Gasteiger partial charge in [-0.1, -0.05) is 6.07 Å². The predicted octanol–water partition coefficient (Wildman–Crippen LogP) is 3.12. The molecule has 4 nitrogen and oxygen atoms in total. The third-order valence-corrected chi connectivity index (χ3v) is 2.33. The first-order valence-corrected chi connectivity index (χ1v) is 5.99. The van der Waals surface area contributed by atoms with Gasteiger partial charge in [-0.05, 0) is 24.6 Å². The molecule has 1 rings (SSSR count). The summed E-state index contributed by atoms with van der Waals surface area (Å²) in [6.45, 7) is 0.308. The van der Waals surface area contributed by atoms with E-state index in [1.54, 1.807) is 12.1 Å². The topological polar surface area (TPSA) is 55.8 Å². The minimum absolute atomic E-state index is 0.0119. The number of carboxylic acid groups (broad SMARTS) is 1. The molecule has 0 saturated heterocycles. The molecule has 0 amide bonds. The lowest BCUT2D eigenvalue weighted by atomic mass is 10.2. The van der Waals surface area contributed by atoms with Gasteiger partial charge >= 0.3 is 12.1 Å². The van der Waals surface area contributed by atoms with Crippen LogP contribution >= 0.6 is 0 Å². The van der Waals surface area contributed by atoms with Gasteiger partial charge in [0.2, 0.25) is 0 Å². The number of carbonyl (C=O) groups is 1. The molecule has 0 aliphatic carbocycles. The second-order valence-electron chi connectivity index (χ2n) is 4.01. The predicted molar refractivity (Wildman–Crippen MR) is 65.0 cm³/mol. The Morgan fingerprint density at radius 1 is 1.20 bits per heavy atom. The Labute approximate surface area is 114 Å². The second-order valence-corrected chi connectivity index (χ2v) is 4.01. The lowest BCUT2D eigenvalue weighted by Crippen LogP contribution is -2.11. The molecular weight excluding hydrogens is 277 g/mol. The van der Waals surface area contributed by atoms with Crippen LogP contribution in [0.2, 0.25) is 0 Å². The molecule has 0 unspecified atom stereocenters. The lowest BCUT2D eigenvalue weighted by molar-refractivity contribution is -0.138. The monoisotopic (exact) mass is 292 g/mol. The molecule has 1 aromatic carbocycles. The molecular formula is C13H15F3O4. The molecule has 0 atom stereocenters. The van der Waals surface area contributed by atoms with Gasteiger partial charge in [-0.3, -0.25) is 0 Å². The third-order valence-electron chi connectivity index (χ3n) is 2.33. The maximum atomic E-state index is 11.8. The highest BCUT2D eigenvalue weighted by molar-refractivity contribution is 5.87. The molecule has 0 heterocycles. The van der Waals surface area contributed by atoms with Crippen molar-refractivity contribution in [1.29, 1.82) is 0 Å². The van der Waals surface area contributed by atoms with Crippen molar-refractivity contribution < 1.29 is 32.5 Å². The normalized spacial score (nSPS) is 11.3. The van der Waals surface area contributed by atoms with Crippen molar-refractivity contribution in [2.24, 2.45) is 0 Å². The highest BCUT2D eigenvalue weighted by Gasteiger charge is 2.25. The van der Waals surface area contributed by atoms with Crippen LogP contribution in [0.1, 0.15) is 23.2 Å². The van der Waals surface area contributed by atoms with Crippen molar-refractivity contribution in [1.82, 2.24) is 0 Å². The number of halogens is 3. The van der Waals surface area contributed by atoms with E-state index in [2.05, 4.69) is 0 Å². The minimum atomic E-state index is -4.16. The number of aromatic carboxylic acids is 1. The van der Waals surface area contributed by atoms with E-state index in [1.807, 2.05) is 0 Å². The number of ether oxygens (including phenoxy) is 2. The Hall–Kier alpha value is -1.76. The van der Waals surface area contributed by atoms with E-state index in [9.17, 15) is 18.0 Å². The van der Waals surface area contributed by atoms with Crippen LogP contribution in [0.15, 0.2) is 24.3 Å². The van der Waals surface area contributed by atoms with E-state index < -0.39 is 18.6 Å². The van der Waals surface area contributed by atoms with Crippen LogP contribution in [-0.2, 0) is 4.74 Å². The average Bonchev–Trinajstić information content (AvgIpc) is 2.36. The van der Waals surface area contributed by atoms with E-state index in [0.29, 0.717) is 5.75 Å². The van der Waals surface area contributed by atoms with Gasteiger partial charge in [0.1, 0.15) is 12.4 Å². The summed E-state index contributed by atoms with van der Waals surface area (Å²) in [6.07, 6.45) is -5.11. The Balaban J connectivity index is 2.15. The smallest absolute Gasteiger partial charge is 0.389 e. The zero-order valence-electron chi connectivity index (χ0n) is 10.7. The summed E-state index contributed by atoms with van der Waals surface area (Å²) >= 11 is 0. The number of benzene rings is 1. The maximum absolute atomic E-state index is 11.8. The molecule has 1 aromatic rings. The van der Waals surface area contributed by atoms with Gasteiger partial charge in [0, 0.05) is 13.0 Å². The van der Waals surface area contributed by atoms with Crippen LogP contribution in [0.5, 0.6) is 5.75 Å². The number of carboxylic acids is 1. The van der Waals surface area contributed by atoms with Crippen LogP contribution in [-0.4, -0.2) is 37.1 Å². The first-order valence-electron chi connectivity index (χ1n) is 5.99. The molecule has 0 aliphatic rings. The van der Waals surface area contributed by atoms with Crippen LogP contribution < -0.4 is 4.74 Å². The zero-order chi connectivity index (χ0) is 15.0. The van der Waals surface area contributed by atoms with Crippen molar-refractivity contribution >= 4 is 5.97 Å². The molecule has 0 bridgehead atoms. The molecule has 7 heteroatoms. The fraction of sp³-hybridized carbons (Fsp3) is 0.462. The summed E-state index contributed by atoms with van der Waals surface area (Å²) in [6, 6.07) is 5.94. The average molecular weight is 292 g/mol. The van der Waals surface area contributed by atoms with Gasteiger partial charge < -0.3 is 14.6 Å². The quantitative estimate of drug-likeness (QED) is 0.748. The molecule has 0 radical (unpaired) electrons. The number of rotatable bonds is 8. The molecule has 0 aromatic heterocycles. The summed E-state index contributed by atoms with van der Waals surface area (Å²) in [4.78, 5) is 10.7. The minimum Gasteiger partial charge on any atom is -0.491 e. The van der Waals surface area contributed by atoms with Crippen LogP contribution in [0.3, 0.4) is 0 Å². The first-order chi connectivity index (χ1) is 9.38. The van der Waals surface area contributed by atoms with Crippen LogP contribution in [0, 0.1) is 0 Å². The molecule has 0 spiro atoms. The number of hydrogen-bond donors (Lipinski definition) is 1. The lowest BCUT2D eigenvalue weighted by Gasteiger charge is -2.08. The Bertz CT molecular complexity index is 432. The molecule has 0 saturated carbocycles. The summed E-state index contributed by atoms with van der Waals surface area (Å²) in [5.41, 5.74) is 0.105. The highest BCUT2D eigenvalue weighted by atomic mass is 19.4.